The van der Waals surface area contributed by atoms with Crippen molar-refractivity contribution >= 4 is 11.6 Å². The van der Waals surface area contributed by atoms with E-state index in [4.69, 9.17) is 9.47 Å². The molecule has 7 heteroatoms. The number of hydrogen-bond donors (Lipinski definition) is 2. The third-order valence-corrected chi connectivity index (χ3v) is 4.59. The molecular formula is C19H16N4O3. The number of carbonyl (C=O) groups is 1. The average molecular weight is 348 g/mol. The summed E-state index contributed by atoms with van der Waals surface area (Å²) in [5.74, 6) is 2.08. The predicted molar refractivity (Wildman–Crippen MR) is 93.8 cm³/mol. The number of amides is 1. The van der Waals surface area contributed by atoms with Gasteiger partial charge >= 0.3 is 0 Å². The maximum Gasteiger partial charge on any atom is 0.258 e. The van der Waals surface area contributed by atoms with Crippen molar-refractivity contribution in [3.05, 3.63) is 71.8 Å². The van der Waals surface area contributed by atoms with Gasteiger partial charge in [0.15, 0.2) is 17.7 Å². The zero-order valence-corrected chi connectivity index (χ0v) is 13.8. The Morgan fingerprint density at radius 3 is 2.92 bits per heavy atom. The highest BCUT2D eigenvalue weighted by Crippen LogP contribution is 2.36. The first-order chi connectivity index (χ1) is 12.8. The normalized spacial score (nSPS) is 17.8. The fraction of sp³-hybridized carbons (Fsp3) is 0.158. The first-order valence-corrected chi connectivity index (χ1v) is 8.34. The molecule has 0 spiro atoms. The van der Waals surface area contributed by atoms with Crippen molar-refractivity contribution in [1.82, 2.24) is 14.9 Å². The number of ether oxygens (including phenoxy) is 2. The van der Waals surface area contributed by atoms with E-state index in [1.165, 1.54) is 0 Å². The van der Waals surface area contributed by atoms with Gasteiger partial charge in [-0.15, -0.1) is 0 Å². The largest absolute Gasteiger partial charge is 0.454 e. The van der Waals surface area contributed by atoms with Crippen LogP contribution in [0.15, 0.2) is 54.9 Å². The molecule has 2 aliphatic heterocycles. The van der Waals surface area contributed by atoms with Crippen molar-refractivity contribution in [2.24, 2.45) is 0 Å². The van der Waals surface area contributed by atoms with Gasteiger partial charge in [0.25, 0.3) is 5.91 Å². The maximum atomic E-state index is 13.1. The van der Waals surface area contributed by atoms with Gasteiger partial charge in [0, 0.05) is 24.6 Å². The van der Waals surface area contributed by atoms with Crippen LogP contribution in [0.1, 0.15) is 27.9 Å². The minimum Gasteiger partial charge on any atom is -0.454 e. The van der Waals surface area contributed by atoms with E-state index < -0.39 is 0 Å². The van der Waals surface area contributed by atoms with Crippen LogP contribution in [0.3, 0.4) is 0 Å². The molecular weight excluding hydrogens is 332 g/mol. The van der Waals surface area contributed by atoms with Crippen molar-refractivity contribution in [2.75, 3.05) is 12.1 Å². The molecule has 0 aliphatic carbocycles. The molecule has 7 nitrogen and oxygen atoms in total. The fourth-order valence-electron chi connectivity index (χ4n) is 3.33. The summed E-state index contributed by atoms with van der Waals surface area (Å²) in [6.07, 6.45) is 3.06. The Morgan fingerprint density at radius 1 is 1.15 bits per heavy atom. The molecule has 3 aromatic rings. The van der Waals surface area contributed by atoms with Crippen LogP contribution < -0.4 is 14.8 Å². The Kier molecular flexibility index (Phi) is 3.31. The molecule has 26 heavy (non-hydrogen) atoms. The van der Waals surface area contributed by atoms with Gasteiger partial charge in [-0.3, -0.25) is 4.79 Å². The van der Waals surface area contributed by atoms with E-state index in [1.807, 2.05) is 42.5 Å². The first kappa shape index (κ1) is 14.8. The topological polar surface area (TPSA) is 79.5 Å². The molecule has 2 aliphatic rings. The van der Waals surface area contributed by atoms with E-state index in [0.717, 1.165) is 17.0 Å². The van der Waals surface area contributed by atoms with Crippen molar-refractivity contribution in [3.63, 3.8) is 0 Å². The molecule has 1 amide bonds. The van der Waals surface area contributed by atoms with Crippen LogP contribution in [0.4, 0.5) is 5.69 Å². The van der Waals surface area contributed by atoms with Crippen LogP contribution >= 0.6 is 0 Å². The van der Waals surface area contributed by atoms with Gasteiger partial charge in [0.05, 0.1) is 5.56 Å². The highest BCUT2D eigenvalue weighted by atomic mass is 16.7. The summed E-state index contributed by atoms with van der Waals surface area (Å²) in [6, 6.07) is 13.2. The van der Waals surface area contributed by atoms with Crippen molar-refractivity contribution in [1.29, 1.82) is 0 Å². The number of benzene rings is 2. The molecule has 0 saturated carbocycles. The molecule has 0 fully saturated rings. The lowest BCUT2D eigenvalue weighted by Crippen LogP contribution is -2.42. The van der Waals surface area contributed by atoms with Gasteiger partial charge in [-0.25, -0.2) is 4.98 Å². The fourth-order valence-corrected chi connectivity index (χ4v) is 3.33. The van der Waals surface area contributed by atoms with Crippen LogP contribution in [0, 0.1) is 0 Å². The standard InChI is InChI=1S/C19H16N4O3/c24-19-13-3-1-2-4-14(13)22-18(17-20-7-8-21-17)23(19)10-12-5-6-15-16(9-12)26-11-25-15/h1-9,18,22H,10-11H2,(H,20,21). The number of H-pyrrole nitrogens is 1. The van der Waals surface area contributed by atoms with Gasteiger partial charge < -0.3 is 24.7 Å². The minimum atomic E-state index is -0.377. The van der Waals surface area contributed by atoms with E-state index >= 15 is 0 Å². The van der Waals surface area contributed by atoms with Crippen LogP contribution in [0.5, 0.6) is 11.5 Å². The molecule has 2 N–H and O–H groups in total. The molecule has 0 radical (unpaired) electrons. The van der Waals surface area contributed by atoms with Crippen molar-refractivity contribution in [3.8, 4) is 11.5 Å². The smallest absolute Gasteiger partial charge is 0.258 e. The van der Waals surface area contributed by atoms with Gasteiger partial charge in [-0.1, -0.05) is 18.2 Å². The monoisotopic (exact) mass is 348 g/mol. The predicted octanol–water partition coefficient (Wildman–Crippen LogP) is 2.91. The van der Waals surface area contributed by atoms with E-state index in [-0.39, 0.29) is 18.9 Å². The van der Waals surface area contributed by atoms with E-state index in [1.54, 1.807) is 17.3 Å². The molecule has 3 heterocycles. The number of carbonyl (C=O) groups excluding carboxylic acids is 1. The summed E-state index contributed by atoms with van der Waals surface area (Å²) in [7, 11) is 0. The number of anilines is 1. The number of nitrogens with zero attached hydrogens (tertiary/aromatic N) is 2. The molecule has 1 atom stereocenters. The summed E-state index contributed by atoms with van der Waals surface area (Å²) in [5, 5.41) is 3.41. The lowest BCUT2D eigenvalue weighted by Gasteiger charge is -2.36. The number of hydrogen-bond acceptors (Lipinski definition) is 5. The molecule has 0 bridgehead atoms. The van der Waals surface area contributed by atoms with Crippen molar-refractivity contribution < 1.29 is 14.3 Å². The minimum absolute atomic E-state index is 0.0431. The number of para-hydroxylation sites is 1. The van der Waals surface area contributed by atoms with Crippen LogP contribution in [0.25, 0.3) is 0 Å². The van der Waals surface area contributed by atoms with Gasteiger partial charge in [-0.05, 0) is 29.8 Å². The second-order valence-electron chi connectivity index (χ2n) is 6.19. The Balaban J connectivity index is 1.53. The van der Waals surface area contributed by atoms with Gasteiger partial charge in [0.2, 0.25) is 6.79 Å². The molecule has 130 valence electrons. The average Bonchev–Trinajstić information content (AvgIpc) is 3.35. The Labute approximate surface area is 149 Å². The van der Waals surface area contributed by atoms with E-state index in [9.17, 15) is 4.79 Å². The summed E-state index contributed by atoms with van der Waals surface area (Å²) in [4.78, 5) is 22.4. The molecule has 5 rings (SSSR count). The van der Waals surface area contributed by atoms with Gasteiger partial charge in [0.1, 0.15) is 5.82 Å². The SMILES string of the molecule is O=C1c2ccccc2NC(c2ncc[nH]2)N1Cc1ccc2c(c1)OCO2. The lowest BCUT2D eigenvalue weighted by atomic mass is 10.1. The van der Waals surface area contributed by atoms with Crippen LogP contribution in [-0.4, -0.2) is 27.6 Å². The summed E-state index contributed by atoms with van der Waals surface area (Å²) >= 11 is 0. The lowest BCUT2D eigenvalue weighted by molar-refractivity contribution is 0.0659. The number of nitrogens with one attached hydrogen (secondary N) is 2. The highest BCUT2D eigenvalue weighted by Gasteiger charge is 2.34. The summed E-state index contributed by atoms with van der Waals surface area (Å²) < 4.78 is 10.8. The second kappa shape index (κ2) is 5.80. The maximum absolute atomic E-state index is 13.1. The zero-order chi connectivity index (χ0) is 17.5. The first-order valence-electron chi connectivity index (χ1n) is 8.34. The molecule has 1 unspecified atom stereocenters. The summed E-state index contributed by atoms with van der Waals surface area (Å²) in [6.45, 7) is 0.646. The van der Waals surface area contributed by atoms with E-state index in [0.29, 0.717) is 23.7 Å². The summed E-state index contributed by atoms with van der Waals surface area (Å²) in [5.41, 5.74) is 2.41. The van der Waals surface area contributed by atoms with Crippen LogP contribution in [0.2, 0.25) is 0 Å². The quantitative estimate of drug-likeness (QED) is 0.761. The number of fused-ring (bicyclic) bond motifs is 2. The number of aromatic amines is 1. The third kappa shape index (κ3) is 2.36. The highest BCUT2D eigenvalue weighted by molar-refractivity contribution is 6.01. The number of imidazole rings is 1. The van der Waals surface area contributed by atoms with E-state index in [2.05, 4.69) is 15.3 Å². The molecule has 2 aromatic carbocycles. The Morgan fingerprint density at radius 2 is 2.04 bits per heavy atom. The number of aromatic nitrogens is 2. The molecule has 0 saturated heterocycles. The van der Waals surface area contributed by atoms with Crippen LogP contribution in [-0.2, 0) is 6.54 Å². The second-order valence-corrected chi connectivity index (χ2v) is 6.19. The van der Waals surface area contributed by atoms with Gasteiger partial charge in [-0.2, -0.15) is 0 Å². The number of rotatable bonds is 3. The Hall–Kier alpha value is -3.48. The van der Waals surface area contributed by atoms with Crippen molar-refractivity contribution in [2.45, 2.75) is 12.7 Å². The third-order valence-electron chi connectivity index (χ3n) is 4.59. The zero-order valence-electron chi connectivity index (χ0n) is 13.8. The Bertz CT molecular complexity index is 971. The molecule has 1 aromatic heterocycles.